The molecular formula is C18H22ClN3O2S. The van der Waals surface area contributed by atoms with Crippen LogP contribution in [0.5, 0.6) is 0 Å². The minimum absolute atomic E-state index is 0.292. The third kappa shape index (κ3) is 3.92. The van der Waals surface area contributed by atoms with E-state index in [9.17, 15) is 8.42 Å². The topological polar surface area (TPSA) is 43.9 Å². The highest BCUT2D eigenvalue weighted by molar-refractivity contribution is 7.89. The fourth-order valence-corrected chi connectivity index (χ4v) is 4.45. The van der Waals surface area contributed by atoms with Gasteiger partial charge in [0.05, 0.1) is 4.90 Å². The van der Waals surface area contributed by atoms with Crippen molar-refractivity contribution in [2.45, 2.75) is 4.90 Å². The largest absolute Gasteiger partial charge is 0.378 e. The van der Waals surface area contributed by atoms with E-state index in [2.05, 4.69) is 34.1 Å². The summed E-state index contributed by atoms with van der Waals surface area (Å²) >= 11 is 5.85. The molecular weight excluding hydrogens is 358 g/mol. The molecule has 7 heteroatoms. The number of piperazine rings is 1. The van der Waals surface area contributed by atoms with Crippen molar-refractivity contribution in [1.82, 2.24) is 4.31 Å². The van der Waals surface area contributed by atoms with Crippen molar-refractivity contribution < 1.29 is 8.42 Å². The van der Waals surface area contributed by atoms with Crippen LogP contribution in [-0.2, 0) is 10.0 Å². The normalized spacial score (nSPS) is 16.0. The molecule has 0 radical (unpaired) electrons. The molecule has 1 aliphatic heterocycles. The minimum Gasteiger partial charge on any atom is -0.378 e. The summed E-state index contributed by atoms with van der Waals surface area (Å²) in [4.78, 5) is 4.56. The lowest BCUT2D eigenvalue weighted by atomic mass is 10.2. The number of hydrogen-bond donors (Lipinski definition) is 0. The second-order valence-electron chi connectivity index (χ2n) is 6.26. The molecule has 0 N–H and O–H groups in total. The van der Waals surface area contributed by atoms with Gasteiger partial charge in [-0.15, -0.1) is 0 Å². The SMILES string of the molecule is CN(C)c1ccc(N2CCN(S(=O)(=O)c3ccc(Cl)cc3)CC2)cc1. The fraction of sp³-hybridized carbons (Fsp3) is 0.333. The van der Waals surface area contributed by atoms with Gasteiger partial charge in [-0.3, -0.25) is 0 Å². The van der Waals surface area contributed by atoms with E-state index in [1.165, 1.54) is 0 Å². The van der Waals surface area contributed by atoms with E-state index in [4.69, 9.17) is 11.6 Å². The Balaban J connectivity index is 1.68. The highest BCUT2D eigenvalue weighted by Gasteiger charge is 2.28. The first kappa shape index (κ1) is 18.0. The Morgan fingerprint density at radius 3 is 1.96 bits per heavy atom. The highest BCUT2D eigenvalue weighted by atomic mass is 35.5. The highest BCUT2D eigenvalue weighted by Crippen LogP contribution is 2.24. The standard InChI is InChI=1S/C18H22ClN3O2S/c1-20(2)16-5-7-17(8-6-16)21-11-13-22(14-12-21)25(23,24)18-9-3-15(19)4-10-18/h3-10H,11-14H2,1-2H3. The Labute approximate surface area is 154 Å². The van der Waals surface area contributed by atoms with Crippen molar-refractivity contribution in [3.05, 3.63) is 53.6 Å². The minimum atomic E-state index is -3.46. The number of halogens is 1. The smallest absolute Gasteiger partial charge is 0.243 e. The van der Waals surface area contributed by atoms with E-state index in [0.717, 1.165) is 11.4 Å². The van der Waals surface area contributed by atoms with Gasteiger partial charge in [0.1, 0.15) is 0 Å². The Hall–Kier alpha value is -1.76. The first-order valence-electron chi connectivity index (χ1n) is 8.16. The van der Waals surface area contributed by atoms with Crippen LogP contribution in [0.2, 0.25) is 5.02 Å². The van der Waals surface area contributed by atoms with Crippen molar-refractivity contribution in [3.63, 3.8) is 0 Å². The van der Waals surface area contributed by atoms with E-state index in [1.807, 2.05) is 14.1 Å². The van der Waals surface area contributed by atoms with E-state index < -0.39 is 10.0 Å². The summed E-state index contributed by atoms with van der Waals surface area (Å²) in [7, 11) is 0.558. The van der Waals surface area contributed by atoms with Crippen LogP contribution in [0.15, 0.2) is 53.4 Å². The Morgan fingerprint density at radius 2 is 1.44 bits per heavy atom. The molecule has 134 valence electrons. The van der Waals surface area contributed by atoms with Gasteiger partial charge in [-0.25, -0.2) is 8.42 Å². The van der Waals surface area contributed by atoms with Gasteiger partial charge in [0.25, 0.3) is 0 Å². The van der Waals surface area contributed by atoms with Crippen molar-refractivity contribution >= 4 is 33.0 Å². The second kappa shape index (κ2) is 7.23. The summed E-state index contributed by atoms with van der Waals surface area (Å²) in [5.74, 6) is 0. The molecule has 1 fully saturated rings. The summed E-state index contributed by atoms with van der Waals surface area (Å²) in [6.45, 7) is 2.29. The molecule has 0 spiro atoms. The Kier molecular flexibility index (Phi) is 5.22. The van der Waals surface area contributed by atoms with Crippen LogP contribution in [0.1, 0.15) is 0 Å². The third-order valence-corrected chi connectivity index (χ3v) is 6.59. The summed E-state index contributed by atoms with van der Waals surface area (Å²) in [5.41, 5.74) is 2.27. The van der Waals surface area contributed by atoms with Gasteiger partial charge in [-0.1, -0.05) is 11.6 Å². The zero-order chi connectivity index (χ0) is 18.0. The lowest BCUT2D eigenvalue weighted by Gasteiger charge is -2.35. The van der Waals surface area contributed by atoms with Crippen LogP contribution in [0.4, 0.5) is 11.4 Å². The van der Waals surface area contributed by atoms with Crippen molar-refractivity contribution in [1.29, 1.82) is 0 Å². The lowest BCUT2D eigenvalue weighted by molar-refractivity contribution is 0.385. The van der Waals surface area contributed by atoms with Crippen LogP contribution < -0.4 is 9.80 Å². The molecule has 5 nitrogen and oxygen atoms in total. The molecule has 0 amide bonds. The van der Waals surface area contributed by atoms with E-state index in [-0.39, 0.29) is 0 Å². The molecule has 25 heavy (non-hydrogen) atoms. The van der Waals surface area contributed by atoms with Gasteiger partial charge >= 0.3 is 0 Å². The zero-order valence-corrected chi connectivity index (χ0v) is 16.0. The maximum absolute atomic E-state index is 12.7. The van der Waals surface area contributed by atoms with Gasteiger partial charge < -0.3 is 9.80 Å². The molecule has 2 aromatic carbocycles. The molecule has 0 saturated carbocycles. The molecule has 2 aromatic rings. The maximum Gasteiger partial charge on any atom is 0.243 e. The number of rotatable bonds is 4. The van der Waals surface area contributed by atoms with Crippen molar-refractivity contribution in [2.24, 2.45) is 0 Å². The Morgan fingerprint density at radius 1 is 0.880 bits per heavy atom. The van der Waals surface area contributed by atoms with E-state index in [1.54, 1.807) is 28.6 Å². The molecule has 0 aromatic heterocycles. The van der Waals surface area contributed by atoms with Gasteiger partial charge in [0.2, 0.25) is 10.0 Å². The molecule has 0 bridgehead atoms. The number of sulfonamides is 1. The number of nitrogens with zero attached hydrogens (tertiary/aromatic N) is 3. The van der Waals surface area contributed by atoms with Gasteiger partial charge in [-0.05, 0) is 48.5 Å². The van der Waals surface area contributed by atoms with Crippen LogP contribution in [0.3, 0.4) is 0 Å². The van der Waals surface area contributed by atoms with Gasteiger partial charge in [0, 0.05) is 56.7 Å². The fourth-order valence-electron chi connectivity index (χ4n) is 2.90. The Bertz CT molecular complexity index is 812. The predicted molar refractivity (Wildman–Crippen MR) is 103 cm³/mol. The molecule has 0 unspecified atom stereocenters. The maximum atomic E-state index is 12.7. The molecule has 1 aliphatic rings. The van der Waals surface area contributed by atoms with Crippen molar-refractivity contribution in [3.8, 4) is 0 Å². The molecule has 1 saturated heterocycles. The summed E-state index contributed by atoms with van der Waals surface area (Å²) in [5, 5.41) is 0.532. The van der Waals surface area contributed by atoms with Crippen LogP contribution in [0.25, 0.3) is 0 Å². The second-order valence-corrected chi connectivity index (χ2v) is 8.63. The number of hydrogen-bond acceptors (Lipinski definition) is 4. The van der Waals surface area contributed by atoms with Crippen LogP contribution >= 0.6 is 11.6 Å². The molecule has 3 rings (SSSR count). The first-order valence-corrected chi connectivity index (χ1v) is 9.98. The molecule has 1 heterocycles. The predicted octanol–water partition coefficient (Wildman–Crippen LogP) is 2.92. The molecule has 0 aliphatic carbocycles. The number of anilines is 2. The number of benzene rings is 2. The average Bonchev–Trinajstić information content (AvgIpc) is 2.62. The quantitative estimate of drug-likeness (QED) is 0.819. The van der Waals surface area contributed by atoms with Crippen LogP contribution in [-0.4, -0.2) is 53.0 Å². The first-order chi connectivity index (χ1) is 11.9. The van der Waals surface area contributed by atoms with Crippen molar-refractivity contribution in [2.75, 3.05) is 50.1 Å². The van der Waals surface area contributed by atoms with E-state index >= 15 is 0 Å². The average molecular weight is 380 g/mol. The monoisotopic (exact) mass is 379 g/mol. The lowest BCUT2D eigenvalue weighted by Crippen LogP contribution is -2.48. The summed E-state index contributed by atoms with van der Waals surface area (Å²) < 4.78 is 27.0. The summed E-state index contributed by atoms with van der Waals surface area (Å²) in [6.07, 6.45) is 0. The van der Waals surface area contributed by atoms with Gasteiger partial charge in [0.15, 0.2) is 0 Å². The zero-order valence-electron chi connectivity index (χ0n) is 14.4. The van der Waals surface area contributed by atoms with Crippen LogP contribution in [0, 0.1) is 0 Å². The van der Waals surface area contributed by atoms with E-state index in [0.29, 0.717) is 36.1 Å². The third-order valence-electron chi connectivity index (χ3n) is 4.42. The van der Waals surface area contributed by atoms with Gasteiger partial charge in [-0.2, -0.15) is 4.31 Å². The summed E-state index contributed by atoms with van der Waals surface area (Å²) in [6, 6.07) is 14.7. The molecule has 0 atom stereocenters.